The van der Waals surface area contributed by atoms with Crippen LogP contribution in [0.3, 0.4) is 0 Å². The Labute approximate surface area is 124 Å². The molecule has 0 spiro atoms. The van der Waals surface area contributed by atoms with Crippen molar-refractivity contribution in [3.8, 4) is 6.07 Å². The summed E-state index contributed by atoms with van der Waals surface area (Å²) in [6.07, 6.45) is -3.82. The zero-order valence-corrected chi connectivity index (χ0v) is 11.4. The third-order valence-corrected chi connectivity index (χ3v) is 3.41. The predicted octanol–water partition coefficient (Wildman–Crippen LogP) is 1.86. The second-order valence-corrected chi connectivity index (χ2v) is 4.72. The molecule has 2 rings (SSSR count). The van der Waals surface area contributed by atoms with E-state index in [1.54, 1.807) is 0 Å². The highest BCUT2D eigenvalue weighted by Crippen LogP contribution is 2.41. The van der Waals surface area contributed by atoms with E-state index in [-0.39, 0.29) is 18.7 Å². The van der Waals surface area contributed by atoms with Crippen molar-refractivity contribution in [1.29, 1.82) is 5.26 Å². The fourth-order valence-corrected chi connectivity index (χ4v) is 2.48. The number of carbonyl (C=O) groups excluding carboxylic acids is 2. The first-order valence-corrected chi connectivity index (χ1v) is 6.49. The summed E-state index contributed by atoms with van der Waals surface area (Å²) in [4.78, 5) is 23.5. The molecule has 1 aliphatic rings. The minimum atomic E-state index is -4.66. The number of hydrogen-bond acceptors (Lipinski definition) is 3. The molecule has 2 amide bonds. The SMILES string of the molecule is N#CC1c2cccc(C(F)(F)F)c2C(=O)N1CCCNC=O. The average Bonchev–Trinajstić information content (AvgIpc) is 2.75. The zero-order valence-electron chi connectivity index (χ0n) is 11.4. The molecule has 1 aromatic rings. The molecule has 0 bridgehead atoms. The molecule has 1 heterocycles. The van der Waals surface area contributed by atoms with Gasteiger partial charge in [-0.1, -0.05) is 12.1 Å². The first-order valence-electron chi connectivity index (χ1n) is 6.49. The summed E-state index contributed by atoms with van der Waals surface area (Å²) in [5.41, 5.74) is -1.40. The molecule has 0 aromatic heterocycles. The molecular weight excluding hydrogens is 299 g/mol. The largest absolute Gasteiger partial charge is 0.417 e. The van der Waals surface area contributed by atoms with Crippen LogP contribution < -0.4 is 5.32 Å². The van der Waals surface area contributed by atoms with Crippen LogP contribution >= 0.6 is 0 Å². The molecule has 8 heteroatoms. The van der Waals surface area contributed by atoms with Crippen LogP contribution in [0.1, 0.15) is 33.9 Å². The van der Waals surface area contributed by atoms with Crippen molar-refractivity contribution in [3.63, 3.8) is 0 Å². The maximum Gasteiger partial charge on any atom is 0.417 e. The standard InChI is InChI=1S/C14H12F3N3O2/c15-14(16,17)10-4-1-3-9-11(7-18)20(13(22)12(9)10)6-2-5-19-8-21/h1,3-4,8,11H,2,5-6H2,(H,19,21). The Morgan fingerprint density at radius 1 is 1.41 bits per heavy atom. The Hall–Kier alpha value is -2.56. The van der Waals surface area contributed by atoms with E-state index in [0.717, 1.165) is 11.0 Å². The van der Waals surface area contributed by atoms with E-state index >= 15 is 0 Å². The van der Waals surface area contributed by atoms with Crippen LogP contribution in [0.5, 0.6) is 0 Å². The number of nitrogens with one attached hydrogen (secondary N) is 1. The van der Waals surface area contributed by atoms with Crippen LogP contribution in [0, 0.1) is 11.3 Å². The summed E-state index contributed by atoms with van der Waals surface area (Å²) in [5, 5.41) is 11.6. The minimum absolute atomic E-state index is 0.0747. The number of nitrogens with zero attached hydrogens (tertiary/aromatic N) is 2. The summed E-state index contributed by atoms with van der Waals surface area (Å²) in [5.74, 6) is -0.805. The van der Waals surface area contributed by atoms with Crippen molar-refractivity contribution in [1.82, 2.24) is 10.2 Å². The minimum Gasteiger partial charge on any atom is -0.359 e. The summed E-state index contributed by atoms with van der Waals surface area (Å²) < 4.78 is 39.1. The smallest absolute Gasteiger partial charge is 0.359 e. The number of hydrogen-bond donors (Lipinski definition) is 1. The van der Waals surface area contributed by atoms with E-state index in [0.29, 0.717) is 12.8 Å². The van der Waals surface area contributed by atoms with Gasteiger partial charge in [-0.05, 0) is 12.5 Å². The van der Waals surface area contributed by atoms with Gasteiger partial charge in [-0.15, -0.1) is 0 Å². The lowest BCUT2D eigenvalue weighted by Crippen LogP contribution is -2.31. The van der Waals surface area contributed by atoms with Gasteiger partial charge < -0.3 is 10.2 Å². The first kappa shape index (κ1) is 15.8. The second kappa shape index (κ2) is 6.05. The number of fused-ring (bicyclic) bond motifs is 1. The number of benzene rings is 1. The Balaban J connectivity index is 2.34. The molecule has 116 valence electrons. The quantitative estimate of drug-likeness (QED) is 0.666. The van der Waals surface area contributed by atoms with E-state index in [1.807, 2.05) is 6.07 Å². The summed E-state index contributed by atoms with van der Waals surface area (Å²) in [6, 6.07) is 4.22. The zero-order chi connectivity index (χ0) is 16.3. The van der Waals surface area contributed by atoms with Gasteiger partial charge in [0.1, 0.15) is 6.04 Å². The van der Waals surface area contributed by atoms with Gasteiger partial charge >= 0.3 is 6.18 Å². The monoisotopic (exact) mass is 311 g/mol. The van der Waals surface area contributed by atoms with Crippen LogP contribution in [0.2, 0.25) is 0 Å². The molecule has 1 aliphatic heterocycles. The topological polar surface area (TPSA) is 73.2 Å². The fraction of sp³-hybridized carbons (Fsp3) is 0.357. The summed E-state index contributed by atoms with van der Waals surface area (Å²) in [6.45, 7) is 0.359. The highest BCUT2D eigenvalue weighted by molar-refractivity contribution is 6.01. The third kappa shape index (κ3) is 2.74. The normalized spacial score (nSPS) is 17.1. The molecular formula is C14H12F3N3O2. The van der Waals surface area contributed by atoms with Crippen molar-refractivity contribution >= 4 is 12.3 Å². The third-order valence-electron chi connectivity index (χ3n) is 3.41. The molecule has 0 saturated heterocycles. The highest BCUT2D eigenvalue weighted by atomic mass is 19.4. The van der Waals surface area contributed by atoms with Crippen molar-refractivity contribution in [2.75, 3.05) is 13.1 Å². The molecule has 1 unspecified atom stereocenters. The Morgan fingerprint density at radius 3 is 2.73 bits per heavy atom. The highest BCUT2D eigenvalue weighted by Gasteiger charge is 2.44. The van der Waals surface area contributed by atoms with Crippen molar-refractivity contribution < 1.29 is 22.8 Å². The number of carbonyl (C=O) groups is 2. The van der Waals surface area contributed by atoms with E-state index in [2.05, 4.69) is 5.32 Å². The molecule has 0 saturated carbocycles. The number of amides is 2. The summed E-state index contributed by atoms with van der Waals surface area (Å²) in [7, 11) is 0. The van der Waals surface area contributed by atoms with Crippen LogP contribution in [-0.2, 0) is 11.0 Å². The molecule has 0 radical (unpaired) electrons. The first-order chi connectivity index (χ1) is 10.4. The fourth-order valence-electron chi connectivity index (χ4n) is 2.48. The maximum absolute atomic E-state index is 13.0. The van der Waals surface area contributed by atoms with Gasteiger partial charge in [0.05, 0.1) is 17.2 Å². The van der Waals surface area contributed by atoms with E-state index in [1.165, 1.54) is 12.1 Å². The van der Waals surface area contributed by atoms with E-state index in [4.69, 9.17) is 0 Å². The van der Waals surface area contributed by atoms with Gasteiger partial charge in [0, 0.05) is 18.7 Å². The van der Waals surface area contributed by atoms with Gasteiger partial charge in [-0.3, -0.25) is 9.59 Å². The van der Waals surface area contributed by atoms with Gasteiger partial charge in [0.15, 0.2) is 0 Å². The van der Waals surface area contributed by atoms with E-state index in [9.17, 15) is 28.0 Å². The Bertz CT molecular complexity index is 637. The lowest BCUT2D eigenvalue weighted by Gasteiger charge is -2.19. The lowest BCUT2D eigenvalue weighted by atomic mass is 10.00. The molecule has 5 nitrogen and oxygen atoms in total. The number of rotatable bonds is 5. The van der Waals surface area contributed by atoms with E-state index < -0.39 is 29.3 Å². The number of alkyl halides is 3. The summed E-state index contributed by atoms with van der Waals surface area (Å²) >= 11 is 0. The van der Waals surface area contributed by atoms with Gasteiger partial charge in [0.25, 0.3) is 5.91 Å². The molecule has 0 fully saturated rings. The average molecular weight is 311 g/mol. The lowest BCUT2D eigenvalue weighted by molar-refractivity contribution is -0.138. The van der Waals surface area contributed by atoms with Crippen molar-refractivity contribution in [2.24, 2.45) is 0 Å². The Kier molecular flexibility index (Phi) is 4.35. The maximum atomic E-state index is 13.0. The van der Waals surface area contributed by atoms with Crippen LogP contribution in [-0.4, -0.2) is 30.3 Å². The second-order valence-electron chi connectivity index (χ2n) is 4.72. The van der Waals surface area contributed by atoms with Crippen LogP contribution in [0.25, 0.3) is 0 Å². The van der Waals surface area contributed by atoms with Gasteiger partial charge in [-0.25, -0.2) is 0 Å². The molecule has 0 aliphatic carbocycles. The van der Waals surface area contributed by atoms with Crippen molar-refractivity contribution in [3.05, 3.63) is 34.9 Å². The molecule has 1 N–H and O–H groups in total. The number of halogens is 3. The van der Waals surface area contributed by atoms with Gasteiger partial charge in [-0.2, -0.15) is 18.4 Å². The molecule has 22 heavy (non-hydrogen) atoms. The molecule has 1 atom stereocenters. The van der Waals surface area contributed by atoms with Crippen molar-refractivity contribution in [2.45, 2.75) is 18.6 Å². The molecule has 1 aromatic carbocycles. The van der Waals surface area contributed by atoms with Gasteiger partial charge in [0.2, 0.25) is 6.41 Å². The van der Waals surface area contributed by atoms with Crippen LogP contribution in [0.15, 0.2) is 18.2 Å². The number of nitriles is 1. The Morgan fingerprint density at radius 2 is 2.14 bits per heavy atom. The predicted molar refractivity (Wildman–Crippen MR) is 69.5 cm³/mol. The van der Waals surface area contributed by atoms with Crippen LogP contribution in [0.4, 0.5) is 13.2 Å².